The Morgan fingerprint density at radius 1 is 1.21 bits per heavy atom. The van der Waals surface area contributed by atoms with Crippen LogP contribution in [0.1, 0.15) is 16.1 Å². The van der Waals surface area contributed by atoms with E-state index < -0.39 is 0 Å². The number of amides is 1. The molecule has 0 spiro atoms. The van der Waals surface area contributed by atoms with Gasteiger partial charge in [-0.2, -0.15) is 0 Å². The van der Waals surface area contributed by atoms with E-state index in [4.69, 9.17) is 4.74 Å². The number of anilines is 1. The van der Waals surface area contributed by atoms with E-state index in [0.717, 1.165) is 18.7 Å². The number of nitrogens with zero attached hydrogens (tertiary/aromatic N) is 3. The van der Waals surface area contributed by atoms with Crippen LogP contribution < -0.4 is 10.2 Å². The molecular formula is C17H19FN4O2. The Hall–Kier alpha value is -2.54. The number of hydrogen-bond acceptors (Lipinski definition) is 5. The van der Waals surface area contributed by atoms with Gasteiger partial charge in [0.05, 0.1) is 13.2 Å². The predicted molar refractivity (Wildman–Crippen MR) is 87.5 cm³/mol. The summed E-state index contributed by atoms with van der Waals surface area (Å²) in [6.45, 7) is 3.17. The van der Waals surface area contributed by atoms with Crippen LogP contribution in [0.3, 0.4) is 0 Å². The van der Waals surface area contributed by atoms with Gasteiger partial charge >= 0.3 is 0 Å². The number of hydrogen-bond donors (Lipinski definition) is 1. The molecular weight excluding hydrogens is 311 g/mol. The van der Waals surface area contributed by atoms with E-state index in [0.29, 0.717) is 37.8 Å². The Bertz CT molecular complexity index is 687. The fourth-order valence-electron chi connectivity index (χ4n) is 2.45. The van der Waals surface area contributed by atoms with Crippen molar-refractivity contribution in [1.82, 2.24) is 15.3 Å². The molecule has 3 rings (SSSR count). The fourth-order valence-corrected chi connectivity index (χ4v) is 2.45. The molecule has 7 heteroatoms. The molecule has 0 radical (unpaired) electrons. The Balaban J connectivity index is 1.55. The second kappa shape index (κ2) is 7.83. The van der Waals surface area contributed by atoms with E-state index in [1.807, 2.05) is 4.90 Å². The Kier molecular flexibility index (Phi) is 5.32. The van der Waals surface area contributed by atoms with Crippen LogP contribution in [-0.4, -0.2) is 48.7 Å². The van der Waals surface area contributed by atoms with Gasteiger partial charge in [-0.25, -0.2) is 14.4 Å². The van der Waals surface area contributed by atoms with E-state index in [-0.39, 0.29) is 11.7 Å². The summed E-state index contributed by atoms with van der Waals surface area (Å²) in [7, 11) is 0. The van der Waals surface area contributed by atoms with Gasteiger partial charge in [0, 0.05) is 25.8 Å². The molecule has 1 saturated heterocycles. The number of ether oxygens (including phenoxy) is 1. The number of benzene rings is 1. The van der Waals surface area contributed by atoms with Gasteiger partial charge in [-0.3, -0.25) is 4.79 Å². The van der Waals surface area contributed by atoms with Gasteiger partial charge in [-0.15, -0.1) is 0 Å². The Labute approximate surface area is 139 Å². The van der Waals surface area contributed by atoms with Gasteiger partial charge in [-0.05, 0) is 30.2 Å². The first-order valence-corrected chi connectivity index (χ1v) is 7.91. The summed E-state index contributed by atoms with van der Waals surface area (Å²) < 4.78 is 18.2. The van der Waals surface area contributed by atoms with Crippen LogP contribution in [0.5, 0.6) is 0 Å². The zero-order valence-corrected chi connectivity index (χ0v) is 13.2. The monoisotopic (exact) mass is 330 g/mol. The summed E-state index contributed by atoms with van der Waals surface area (Å²) >= 11 is 0. The van der Waals surface area contributed by atoms with Crippen LogP contribution in [0, 0.1) is 5.82 Å². The molecule has 1 aromatic carbocycles. The van der Waals surface area contributed by atoms with Crippen LogP contribution in [0.2, 0.25) is 0 Å². The maximum absolute atomic E-state index is 12.9. The molecule has 0 aliphatic carbocycles. The van der Waals surface area contributed by atoms with Crippen LogP contribution in [-0.2, 0) is 11.2 Å². The van der Waals surface area contributed by atoms with E-state index >= 15 is 0 Å². The molecule has 0 bridgehead atoms. The molecule has 1 amide bonds. The molecule has 2 heterocycles. The maximum atomic E-state index is 12.9. The molecule has 126 valence electrons. The van der Waals surface area contributed by atoms with Gasteiger partial charge in [0.15, 0.2) is 0 Å². The molecule has 1 N–H and O–H groups in total. The second-order valence-corrected chi connectivity index (χ2v) is 5.47. The fraction of sp³-hybridized carbons (Fsp3) is 0.353. The number of carbonyl (C=O) groups is 1. The normalized spacial score (nSPS) is 14.5. The average Bonchev–Trinajstić information content (AvgIpc) is 2.64. The SMILES string of the molecule is O=C(NCCc1ccc(F)cc1)c1ccnc(N2CCOCC2)n1. The van der Waals surface area contributed by atoms with Crippen molar-refractivity contribution >= 4 is 11.9 Å². The summed E-state index contributed by atoms with van der Waals surface area (Å²) in [6.07, 6.45) is 2.22. The molecule has 0 atom stereocenters. The number of nitrogens with one attached hydrogen (secondary N) is 1. The molecule has 2 aromatic rings. The van der Waals surface area contributed by atoms with E-state index in [2.05, 4.69) is 15.3 Å². The van der Waals surface area contributed by atoms with Gasteiger partial charge in [-0.1, -0.05) is 12.1 Å². The first-order valence-electron chi connectivity index (χ1n) is 7.91. The standard InChI is InChI=1S/C17H19FN4O2/c18-14-3-1-13(2-4-14)5-7-19-16(23)15-6-8-20-17(21-15)22-9-11-24-12-10-22/h1-4,6,8H,5,7,9-12H2,(H,19,23). The molecule has 0 saturated carbocycles. The quantitative estimate of drug-likeness (QED) is 0.898. The largest absolute Gasteiger partial charge is 0.378 e. The molecule has 1 aliphatic heterocycles. The lowest BCUT2D eigenvalue weighted by atomic mass is 10.1. The average molecular weight is 330 g/mol. The minimum absolute atomic E-state index is 0.242. The van der Waals surface area contributed by atoms with Gasteiger partial charge in [0.1, 0.15) is 11.5 Å². The molecule has 1 aliphatic rings. The molecule has 24 heavy (non-hydrogen) atoms. The first kappa shape index (κ1) is 16.3. The molecule has 0 unspecified atom stereocenters. The minimum atomic E-state index is -0.264. The number of morpholine rings is 1. The number of rotatable bonds is 5. The highest BCUT2D eigenvalue weighted by Crippen LogP contribution is 2.10. The van der Waals surface area contributed by atoms with E-state index in [1.54, 1.807) is 24.4 Å². The highest BCUT2D eigenvalue weighted by molar-refractivity contribution is 5.92. The highest BCUT2D eigenvalue weighted by atomic mass is 19.1. The van der Waals surface area contributed by atoms with Crippen LogP contribution in [0.4, 0.5) is 10.3 Å². The van der Waals surface area contributed by atoms with Crippen molar-refractivity contribution in [3.63, 3.8) is 0 Å². The third-order valence-corrected chi connectivity index (χ3v) is 3.78. The van der Waals surface area contributed by atoms with Crippen molar-refractivity contribution in [1.29, 1.82) is 0 Å². The van der Waals surface area contributed by atoms with Gasteiger partial charge in [0.25, 0.3) is 5.91 Å². The summed E-state index contributed by atoms with van der Waals surface area (Å²) in [5.74, 6) is 0.0397. The van der Waals surface area contributed by atoms with Crippen molar-refractivity contribution in [3.05, 3.63) is 53.6 Å². The minimum Gasteiger partial charge on any atom is -0.378 e. The van der Waals surface area contributed by atoms with Crippen LogP contribution in [0.25, 0.3) is 0 Å². The Morgan fingerprint density at radius 2 is 1.96 bits per heavy atom. The third-order valence-electron chi connectivity index (χ3n) is 3.78. The van der Waals surface area contributed by atoms with Crippen molar-refractivity contribution in [2.24, 2.45) is 0 Å². The van der Waals surface area contributed by atoms with Crippen LogP contribution >= 0.6 is 0 Å². The zero-order chi connectivity index (χ0) is 16.8. The predicted octanol–water partition coefficient (Wildman–Crippen LogP) is 1.42. The number of halogens is 1. The molecule has 1 fully saturated rings. The van der Waals surface area contributed by atoms with Crippen molar-refractivity contribution < 1.29 is 13.9 Å². The molecule has 6 nitrogen and oxygen atoms in total. The van der Waals surface area contributed by atoms with Gasteiger partial charge < -0.3 is 15.0 Å². The summed E-state index contributed by atoms with van der Waals surface area (Å²) in [5, 5.41) is 2.83. The highest BCUT2D eigenvalue weighted by Gasteiger charge is 2.15. The Morgan fingerprint density at radius 3 is 2.71 bits per heavy atom. The van der Waals surface area contributed by atoms with E-state index in [1.165, 1.54) is 12.1 Å². The lowest BCUT2D eigenvalue weighted by Crippen LogP contribution is -2.37. The zero-order valence-electron chi connectivity index (χ0n) is 13.2. The summed E-state index contributed by atoms with van der Waals surface area (Å²) in [6, 6.07) is 7.84. The maximum Gasteiger partial charge on any atom is 0.270 e. The topological polar surface area (TPSA) is 67.4 Å². The number of aromatic nitrogens is 2. The van der Waals surface area contributed by atoms with Gasteiger partial charge in [0.2, 0.25) is 5.95 Å². The summed E-state index contributed by atoms with van der Waals surface area (Å²) in [4.78, 5) is 22.8. The van der Waals surface area contributed by atoms with Crippen molar-refractivity contribution in [2.75, 3.05) is 37.7 Å². The first-order chi connectivity index (χ1) is 11.7. The van der Waals surface area contributed by atoms with Crippen molar-refractivity contribution in [2.45, 2.75) is 6.42 Å². The molecule has 1 aromatic heterocycles. The lowest BCUT2D eigenvalue weighted by Gasteiger charge is -2.26. The number of carbonyl (C=O) groups excluding carboxylic acids is 1. The lowest BCUT2D eigenvalue weighted by molar-refractivity contribution is 0.0949. The summed E-state index contributed by atoms with van der Waals surface area (Å²) in [5.41, 5.74) is 1.30. The van der Waals surface area contributed by atoms with E-state index in [9.17, 15) is 9.18 Å². The van der Waals surface area contributed by atoms with Crippen LogP contribution in [0.15, 0.2) is 36.5 Å². The smallest absolute Gasteiger partial charge is 0.270 e. The second-order valence-electron chi connectivity index (χ2n) is 5.47. The van der Waals surface area contributed by atoms with Crippen molar-refractivity contribution in [3.8, 4) is 0 Å². The third kappa shape index (κ3) is 4.26.